The topological polar surface area (TPSA) is 46.5 Å². The maximum Gasteiger partial charge on any atom is 0.232 e. The third-order valence-corrected chi connectivity index (χ3v) is 3.31. The summed E-state index contributed by atoms with van der Waals surface area (Å²) in [6.45, 7) is 0. The van der Waals surface area contributed by atoms with Crippen molar-refractivity contribution in [3.63, 3.8) is 0 Å². The maximum absolute atomic E-state index is 12.2. The van der Waals surface area contributed by atoms with Crippen molar-refractivity contribution in [3.05, 3.63) is 63.8 Å². The van der Waals surface area contributed by atoms with Crippen LogP contribution in [0.5, 0.6) is 11.5 Å². The van der Waals surface area contributed by atoms with Crippen LogP contribution in [0.15, 0.2) is 52.7 Å². The smallest absolute Gasteiger partial charge is 0.232 e. The maximum atomic E-state index is 12.2. The second-order valence-electron chi connectivity index (χ2n) is 4.17. The summed E-state index contributed by atoms with van der Waals surface area (Å²) in [6, 6.07) is 11.9. The van der Waals surface area contributed by atoms with Crippen LogP contribution in [0.1, 0.15) is 15.9 Å². The van der Waals surface area contributed by atoms with Gasteiger partial charge in [0.1, 0.15) is 11.5 Å². The van der Waals surface area contributed by atoms with Crippen LogP contribution < -0.4 is 4.74 Å². The lowest BCUT2D eigenvalue weighted by Crippen LogP contribution is -1.97. The van der Waals surface area contributed by atoms with Crippen molar-refractivity contribution in [2.45, 2.75) is 0 Å². The molecule has 1 aliphatic rings. The first kappa shape index (κ1) is 12.0. The molecule has 0 fully saturated rings. The Morgan fingerprint density at radius 3 is 2.58 bits per heavy atom. The lowest BCUT2D eigenvalue weighted by Gasteiger charge is -1.98. The quantitative estimate of drug-likeness (QED) is 0.815. The van der Waals surface area contributed by atoms with Crippen molar-refractivity contribution in [3.8, 4) is 11.5 Å². The minimum absolute atomic E-state index is 0.135. The van der Waals surface area contributed by atoms with Gasteiger partial charge in [-0.2, -0.15) is 0 Å². The number of hydrogen-bond donors (Lipinski definition) is 1. The number of carbonyl (C=O) groups excluding carboxylic acids is 1. The van der Waals surface area contributed by atoms with Crippen molar-refractivity contribution in [2.75, 3.05) is 0 Å². The van der Waals surface area contributed by atoms with Crippen molar-refractivity contribution in [2.24, 2.45) is 0 Å². The third kappa shape index (κ3) is 2.27. The molecule has 2 aromatic carbocycles. The van der Waals surface area contributed by atoms with Crippen LogP contribution in [0.3, 0.4) is 0 Å². The molecule has 0 amide bonds. The van der Waals surface area contributed by atoms with Crippen molar-refractivity contribution in [1.82, 2.24) is 0 Å². The van der Waals surface area contributed by atoms with Gasteiger partial charge in [-0.15, -0.1) is 0 Å². The normalized spacial score (nSPS) is 15.4. The van der Waals surface area contributed by atoms with Gasteiger partial charge < -0.3 is 9.84 Å². The largest absolute Gasteiger partial charge is 0.508 e. The average Bonchev–Trinajstić information content (AvgIpc) is 2.70. The molecule has 1 aliphatic heterocycles. The van der Waals surface area contributed by atoms with Crippen LogP contribution in [-0.2, 0) is 0 Å². The molecule has 0 aromatic heterocycles. The number of aromatic hydroxyl groups is 1. The zero-order chi connectivity index (χ0) is 13.4. The fourth-order valence-electron chi connectivity index (χ4n) is 1.88. The van der Waals surface area contributed by atoms with Crippen LogP contribution in [0.25, 0.3) is 6.08 Å². The minimum Gasteiger partial charge on any atom is -0.508 e. The Morgan fingerprint density at radius 2 is 1.84 bits per heavy atom. The predicted molar refractivity (Wildman–Crippen MR) is 75.2 cm³/mol. The first-order chi connectivity index (χ1) is 9.13. The van der Waals surface area contributed by atoms with Gasteiger partial charge in [-0.25, -0.2) is 0 Å². The Morgan fingerprint density at radius 1 is 1.11 bits per heavy atom. The van der Waals surface area contributed by atoms with Gasteiger partial charge in [0, 0.05) is 4.47 Å². The second kappa shape index (κ2) is 4.55. The summed E-state index contributed by atoms with van der Waals surface area (Å²) in [7, 11) is 0. The SMILES string of the molecule is O=C1/C(=C/c2ccc(O)cc2)Oc2ccc(Br)cc21. The van der Waals surface area contributed by atoms with E-state index in [4.69, 9.17) is 4.74 Å². The molecule has 1 heterocycles. The molecule has 1 N–H and O–H groups in total. The zero-order valence-electron chi connectivity index (χ0n) is 9.76. The monoisotopic (exact) mass is 316 g/mol. The summed E-state index contributed by atoms with van der Waals surface area (Å²) in [6.07, 6.45) is 1.66. The second-order valence-corrected chi connectivity index (χ2v) is 5.09. The number of halogens is 1. The molecule has 3 rings (SSSR count). The van der Waals surface area contributed by atoms with Gasteiger partial charge in [0.2, 0.25) is 5.78 Å². The van der Waals surface area contributed by atoms with Gasteiger partial charge in [-0.3, -0.25) is 4.79 Å². The fourth-order valence-corrected chi connectivity index (χ4v) is 2.24. The van der Waals surface area contributed by atoms with E-state index in [0.717, 1.165) is 10.0 Å². The van der Waals surface area contributed by atoms with Gasteiger partial charge in [-0.1, -0.05) is 28.1 Å². The van der Waals surface area contributed by atoms with Crippen LogP contribution in [-0.4, -0.2) is 10.9 Å². The van der Waals surface area contributed by atoms with E-state index >= 15 is 0 Å². The third-order valence-electron chi connectivity index (χ3n) is 2.82. The van der Waals surface area contributed by atoms with Crippen LogP contribution >= 0.6 is 15.9 Å². The van der Waals surface area contributed by atoms with Gasteiger partial charge in [0.15, 0.2) is 5.76 Å². The molecule has 19 heavy (non-hydrogen) atoms. The summed E-state index contributed by atoms with van der Waals surface area (Å²) < 4.78 is 6.38. The molecule has 0 atom stereocenters. The predicted octanol–water partition coefficient (Wildman–Crippen LogP) is 3.77. The highest BCUT2D eigenvalue weighted by Gasteiger charge is 2.27. The van der Waals surface area contributed by atoms with Gasteiger partial charge in [0.05, 0.1) is 5.56 Å². The summed E-state index contributed by atoms with van der Waals surface area (Å²) in [5, 5.41) is 9.22. The summed E-state index contributed by atoms with van der Waals surface area (Å²) in [4.78, 5) is 12.2. The van der Waals surface area contributed by atoms with Crippen molar-refractivity contribution < 1.29 is 14.6 Å². The van der Waals surface area contributed by atoms with E-state index in [9.17, 15) is 9.90 Å². The molecule has 0 saturated carbocycles. The Balaban J connectivity index is 1.97. The Labute approximate surface area is 118 Å². The van der Waals surface area contributed by atoms with E-state index in [0.29, 0.717) is 17.1 Å². The first-order valence-electron chi connectivity index (χ1n) is 5.66. The van der Waals surface area contributed by atoms with Gasteiger partial charge >= 0.3 is 0 Å². The number of allylic oxidation sites excluding steroid dienone is 1. The summed E-state index contributed by atoms with van der Waals surface area (Å²) in [5.74, 6) is 0.912. The van der Waals surface area contributed by atoms with Crippen LogP contribution in [0.2, 0.25) is 0 Å². The number of Topliss-reactive ketones (excluding diaryl/α,β-unsaturated/α-hetero) is 1. The van der Waals surface area contributed by atoms with E-state index in [1.807, 2.05) is 6.07 Å². The van der Waals surface area contributed by atoms with E-state index in [1.165, 1.54) is 0 Å². The number of carbonyl (C=O) groups is 1. The molecule has 3 nitrogen and oxygen atoms in total. The molecule has 0 unspecified atom stereocenters. The van der Waals surface area contributed by atoms with E-state index in [-0.39, 0.29) is 11.5 Å². The number of hydrogen-bond acceptors (Lipinski definition) is 3. The lowest BCUT2D eigenvalue weighted by atomic mass is 10.1. The minimum atomic E-state index is -0.135. The number of phenols is 1. The summed E-state index contributed by atoms with van der Waals surface area (Å²) >= 11 is 3.33. The van der Waals surface area contributed by atoms with Crippen LogP contribution in [0.4, 0.5) is 0 Å². The highest BCUT2D eigenvalue weighted by atomic mass is 79.9. The average molecular weight is 317 g/mol. The fraction of sp³-hybridized carbons (Fsp3) is 0. The number of ketones is 1. The first-order valence-corrected chi connectivity index (χ1v) is 6.45. The van der Waals surface area contributed by atoms with Crippen LogP contribution in [0, 0.1) is 0 Å². The Bertz CT molecular complexity index is 687. The molecule has 0 aliphatic carbocycles. The molecule has 94 valence electrons. The molecular weight excluding hydrogens is 308 g/mol. The van der Waals surface area contributed by atoms with E-state index in [2.05, 4.69) is 15.9 Å². The number of fused-ring (bicyclic) bond motifs is 1. The summed E-state index contributed by atoms with van der Waals surface area (Å²) in [5.41, 5.74) is 1.35. The van der Waals surface area contributed by atoms with E-state index < -0.39 is 0 Å². The Kier molecular flexibility index (Phi) is 2.87. The zero-order valence-corrected chi connectivity index (χ0v) is 11.3. The number of phenolic OH excluding ortho intramolecular Hbond substituents is 1. The number of benzene rings is 2. The molecule has 0 bridgehead atoms. The lowest BCUT2D eigenvalue weighted by molar-refractivity contribution is 0.101. The molecule has 0 spiro atoms. The number of ether oxygens (including phenoxy) is 1. The standard InChI is InChI=1S/C15H9BrO3/c16-10-3-6-13-12(8-10)15(18)14(19-13)7-9-1-4-11(17)5-2-9/h1-8,17H/b14-7-. The van der Waals surface area contributed by atoms with E-state index in [1.54, 1.807) is 42.5 Å². The molecule has 2 aromatic rings. The molecule has 0 saturated heterocycles. The molecule has 4 heteroatoms. The van der Waals surface area contributed by atoms with Crippen molar-refractivity contribution >= 4 is 27.8 Å². The van der Waals surface area contributed by atoms with Crippen molar-refractivity contribution in [1.29, 1.82) is 0 Å². The molecular formula is C15H9BrO3. The van der Waals surface area contributed by atoms with Gasteiger partial charge in [-0.05, 0) is 42.0 Å². The molecule has 0 radical (unpaired) electrons. The highest BCUT2D eigenvalue weighted by molar-refractivity contribution is 9.10. The van der Waals surface area contributed by atoms with Gasteiger partial charge in [0.25, 0.3) is 0 Å². The Hall–Kier alpha value is -2.07. The highest BCUT2D eigenvalue weighted by Crippen LogP contribution is 2.33. The number of rotatable bonds is 1.